The molecule has 0 saturated heterocycles. The smallest absolute Gasteiger partial charge is 0.412 e. The van der Waals surface area contributed by atoms with Crippen LogP contribution in [0.1, 0.15) is 26.3 Å². The monoisotopic (exact) mass is 367 g/mol. The topological polar surface area (TPSA) is 56.8 Å². The van der Waals surface area contributed by atoms with Gasteiger partial charge in [-0.3, -0.25) is 0 Å². The second kappa shape index (κ2) is 5.55. The van der Waals surface area contributed by atoms with E-state index in [1.165, 1.54) is 7.11 Å². The molecule has 0 saturated carbocycles. The summed E-state index contributed by atoms with van der Waals surface area (Å²) in [5, 5.41) is 2.29. The summed E-state index contributed by atoms with van der Waals surface area (Å²) in [6.45, 7) is 6.16. The number of carbonyl (C=O) groups is 1. The predicted molar refractivity (Wildman–Crippen MR) is 85.0 cm³/mol. The van der Waals surface area contributed by atoms with Gasteiger partial charge in [-0.05, 0) is 23.1 Å². The van der Waals surface area contributed by atoms with E-state index in [2.05, 4.69) is 30.8 Å². The molecule has 0 fully saturated rings. The number of hydrogen-bond donors (Lipinski definition) is 1. The molecule has 1 aliphatic heterocycles. The van der Waals surface area contributed by atoms with Gasteiger partial charge in [0.15, 0.2) is 11.5 Å². The molecule has 22 heavy (non-hydrogen) atoms. The number of amides is 1. The van der Waals surface area contributed by atoms with Gasteiger partial charge in [0, 0.05) is 0 Å². The Bertz CT molecular complexity index is 595. The van der Waals surface area contributed by atoms with Crippen molar-refractivity contribution in [3.8, 4) is 11.5 Å². The number of fused-ring (bicyclic) bond motifs is 1. The Labute approximate surface area is 143 Å². The van der Waals surface area contributed by atoms with Gasteiger partial charge in [0.1, 0.15) is 0 Å². The van der Waals surface area contributed by atoms with Crippen LogP contribution >= 0.6 is 34.8 Å². The van der Waals surface area contributed by atoms with Crippen molar-refractivity contribution in [2.75, 3.05) is 7.11 Å². The first-order valence-corrected chi connectivity index (χ1v) is 7.57. The second-order valence-electron chi connectivity index (χ2n) is 5.85. The highest BCUT2D eigenvalue weighted by Crippen LogP contribution is 2.49. The van der Waals surface area contributed by atoms with Crippen LogP contribution in [0.25, 0.3) is 0 Å². The zero-order valence-corrected chi connectivity index (χ0v) is 14.8. The van der Waals surface area contributed by atoms with Gasteiger partial charge in [-0.15, -0.1) is 0 Å². The lowest BCUT2D eigenvalue weighted by atomic mass is 9.87. The number of rotatable bonds is 1. The number of alkyl halides is 3. The third-order valence-corrected chi connectivity index (χ3v) is 3.89. The lowest BCUT2D eigenvalue weighted by molar-refractivity contribution is -0.0981. The Balaban J connectivity index is 2.40. The number of carbonyl (C=O) groups excluding carboxylic acids is 1. The molecule has 1 aliphatic rings. The van der Waals surface area contributed by atoms with E-state index < -0.39 is 15.8 Å². The van der Waals surface area contributed by atoms with Gasteiger partial charge in [-0.2, -0.15) is 0 Å². The number of ether oxygens (including phenoxy) is 3. The highest BCUT2D eigenvalue weighted by Gasteiger charge is 2.60. The molecule has 122 valence electrons. The molecular weight excluding hydrogens is 353 g/mol. The van der Waals surface area contributed by atoms with Gasteiger partial charge in [-0.25, -0.2) is 10.1 Å². The molecule has 1 aromatic rings. The molecule has 5 nitrogen and oxygen atoms in total. The minimum atomic E-state index is -2.08. The van der Waals surface area contributed by atoms with Gasteiger partial charge >= 0.3 is 12.0 Å². The largest absolute Gasteiger partial charge is 0.453 e. The molecule has 0 aromatic heterocycles. The molecule has 0 unspecified atom stereocenters. The molecule has 8 heteroatoms. The molecule has 0 radical (unpaired) electrons. The molecule has 0 bridgehead atoms. The van der Waals surface area contributed by atoms with Crippen LogP contribution in [0.5, 0.6) is 11.5 Å². The minimum Gasteiger partial charge on any atom is -0.453 e. The summed E-state index contributed by atoms with van der Waals surface area (Å²) in [5.74, 6) is -1.27. The van der Waals surface area contributed by atoms with Crippen molar-refractivity contribution < 1.29 is 19.0 Å². The van der Waals surface area contributed by atoms with E-state index in [-0.39, 0.29) is 5.41 Å². The summed E-state index contributed by atoms with van der Waals surface area (Å²) in [6, 6.07) is 5.37. The molecule has 1 atom stereocenters. The fraction of sp³-hybridized carbons (Fsp3) is 0.500. The Morgan fingerprint density at radius 1 is 1.18 bits per heavy atom. The number of halogens is 3. The molecule has 1 heterocycles. The lowest BCUT2D eigenvalue weighted by Gasteiger charge is -2.32. The van der Waals surface area contributed by atoms with Gasteiger partial charge in [-0.1, -0.05) is 61.6 Å². The van der Waals surface area contributed by atoms with E-state index >= 15 is 0 Å². The van der Waals surface area contributed by atoms with Crippen molar-refractivity contribution in [3.63, 3.8) is 0 Å². The van der Waals surface area contributed by atoms with Gasteiger partial charge < -0.3 is 14.2 Å². The summed E-state index contributed by atoms with van der Waals surface area (Å²) < 4.78 is 13.6. The molecule has 1 amide bonds. The number of nitrogens with one attached hydrogen (secondary N) is 1. The summed E-state index contributed by atoms with van der Waals surface area (Å²) >= 11 is 17.8. The third-order valence-electron chi connectivity index (χ3n) is 3.14. The van der Waals surface area contributed by atoms with Crippen molar-refractivity contribution in [3.05, 3.63) is 23.8 Å². The molecule has 1 aromatic carbocycles. The number of methoxy groups -OCH3 is 1. The van der Waals surface area contributed by atoms with Crippen LogP contribution in [0.3, 0.4) is 0 Å². The molecule has 0 spiro atoms. The van der Waals surface area contributed by atoms with Crippen molar-refractivity contribution >= 4 is 40.9 Å². The SMILES string of the molecule is COC(=O)N[C@]1(C(Cl)(Cl)Cl)Oc2ccc(C(C)(C)C)cc2O1. The van der Waals surface area contributed by atoms with E-state index in [0.29, 0.717) is 11.5 Å². The quantitative estimate of drug-likeness (QED) is 0.757. The first-order valence-electron chi connectivity index (χ1n) is 6.44. The molecule has 2 rings (SSSR count). The predicted octanol–water partition coefficient (Wildman–Crippen LogP) is 4.14. The number of hydrogen-bond acceptors (Lipinski definition) is 4. The molecule has 1 N–H and O–H groups in total. The standard InChI is InChI=1S/C14H16Cl3NO4/c1-12(2,3)8-5-6-9-10(7-8)22-14(21-9,13(15,16)17)18-11(19)20-4/h5-7H,1-4H3,(H,18,19)/t14-/m1/s1. The van der Waals surface area contributed by atoms with Crippen molar-refractivity contribution in [1.29, 1.82) is 0 Å². The van der Waals surface area contributed by atoms with Crippen LogP contribution in [0.4, 0.5) is 4.79 Å². The number of alkyl carbamates (subject to hydrolysis) is 1. The average Bonchev–Trinajstić information content (AvgIpc) is 2.75. The fourth-order valence-corrected chi connectivity index (χ4v) is 2.27. The summed E-state index contributed by atoms with van der Waals surface area (Å²) in [6.07, 6.45) is -0.852. The normalized spacial score (nSPS) is 20.7. The van der Waals surface area contributed by atoms with Crippen LogP contribution in [-0.2, 0) is 10.2 Å². The molecular formula is C14H16Cl3NO4. The highest BCUT2D eigenvalue weighted by molar-refractivity contribution is 6.68. The van der Waals surface area contributed by atoms with E-state index in [1.807, 2.05) is 6.07 Å². The average molecular weight is 369 g/mol. The van der Waals surface area contributed by atoms with Crippen molar-refractivity contribution in [2.45, 2.75) is 35.9 Å². The van der Waals surface area contributed by atoms with E-state index in [0.717, 1.165) is 5.56 Å². The highest BCUT2D eigenvalue weighted by atomic mass is 35.6. The number of benzene rings is 1. The second-order valence-corrected chi connectivity index (χ2v) is 8.13. The Kier molecular flexibility index (Phi) is 4.37. The molecule has 0 aliphatic carbocycles. The zero-order valence-electron chi connectivity index (χ0n) is 12.5. The first-order chi connectivity index (χ1) is 9.98. The van der Waals surface area contributed by atoms with E-state index in [1.54, 1.807) is 12.1 Å². The minimum absolute atomic E-state index is 0.0978. The third kappa shape index (κ3) is 3.16. The maximum atomic E-state index is 11.5. The van der Waals surface area contributed by atoms with Crippen LogP contribution in [0.15, 0.2) is 18.2 Å². The summed E-state index contributed by atoms with van der Waals surface area (Å²) in [7, 11) is 1.18. The van der Waals surface area contributed by atoms with E-state index in [9.17, 15) is 4.79 Å². The van der Waals surface area contributed by atoms with Crippen molar-refractivity contribution in [1.82, 2.24) is 5.32 Å². The fourth-order valence-electron chi connectivity index (χ4n) is 1.89. The van der Waals surface area contributed by atoms with Crippen LogP contribution < -0.4 is 14.8 Å². The maximum absolute atomic E-state index is 11.5. The summed E-state index contributed by atoms with van der Waals surface area (Å²) in [4.78, 5) is 11.5. The van der Waals surface area contributed by atoms with Crippen molar-refractivity contribution in [2.24, 2.45) is 0 Å². The van der Waals surface area contributed by atoms with Gasteiger partial charge in [0.25, 0.3) is 3.79 Å². The Hall–Kier alpha value is -1.04. The zero-order chi connectivity index (χ0) is 16.8. The Morgan fingerprint density at radius 3 is 2.27 bits per heavy atom. The first kappa shape index (κ1) is 17.3. The lowest BCUT2D eigenvalue weighted by Crippen LogP contribution is -2.63. The van der Waals surface area contributed by atoms with Gasteiger partial charge in [0.2, 0.25) is 0 Å². The van der Waals surface area contributed by atoms with E-state index in [4.69, 9.17) is 44.3 Å². The Morgan fingerprint density at radius 2 is 1.77 bits per heavy atom. The van der Waals surface area contributed by atoms with Crippen LogP contribution in [-0.4, -0.2) is 22.9 Å². The maximum Gasteiger partial charge on any atom is 0.412 e. The van der Waals surface area contributed by atoms with Gasteiger partial charge in [0.05, 0.1) is 7.11 Å². The van der Waals surface area contributed by atoms with Crippen LogP contribution in [0.2, 0.25) is 0 Å². The van der Waals surface area contributed by atoms with Crippen LogP contribution in [0, 0.1) is 0 Å². The summed E-state index contributed by atoms with van der Waals surface area (Å²) in [5.41, 5.74) is 0.910.